The van der Waals surface area contributed by atoms with Gasteiger partial charge in [0.2, 0.25) is 0 Å². The van der Waals surface area contributed by atoms with Crippen LogP contribution in [0.1, 0.15) is 6.92 Å². The van der Waals surface area contributed by atoms with Crippen molar-refractivity contribution in [3.05, 3.63) is 65.1 Å². The molecule has 0 saturated heterocycles. The van der Waals surface area contributed by atoms with Crippen LogP contribution in [0.5, 0.6) is 0 Å². The zero-order valence-corrected chi connectivity index (χ0v) is 13.5. The Kier molecular flexibility index (Phi) is 3.84. The van der Waals surface area contributed by atoms with Crippen molar-refractivity contribution in [3.63, 3.8) is 0 Å². The minimum atomic E-state index is 0.764. The highest BCUT2D eigenvalue weighted by molar-refractivity contribution is 9.10. The molecule has 0 aliphatic rings. The van der Waals surface area contributed by atoms with E-state index in [9.17, 15) is 0 Å². The van der Waals surface area contributed by atoms with E-state index < -0.39 is 0 Å². The number of nitrogens with two attached hydrogens (primary N) is 1. The van der Waals surface area contributed by atoms with Gasteiger partial charge in [-0.05, 0) is 52.5 Å². The van der Waals surface area contributed by atoms with Crippen LogP contribution < -0.4 is 10.6 Å². The maximum Gasteiger partial charge on any atom is 0.0556 e. The molecule has 0 amide bonds. The number of anilines is 3. The second-order valence-electron chi connectivity index (χ2n) is 4.95. The Balaban J connectivity index is 2.18. The topological polar surface area (TPSA) is 29.3 Å². The van der Waals surface area contributed by atoms with Gasteiger partial charge in [-0.25, -0.2) is 0 Å². The Hall–Kier alpha value is -2.00. The monoisotopic (exact) mass is 340 g/mol. The number of hydrogen-bond acceptors (Lipinski definition) is 2. The van der Waals surface area contributed by atoms with E-state index in [-0.39, 0.29) is 0 Å². The van der Waals surface area contributed by atoms with Crippen molar-refractivity contribution < 1.29 is 0 Å². The van der Waals surface area contributed by atoms with E-state index in [0.717, 1.165) is 22.4 Å². The summed E-state index contributed by atoms with van der Waals surface area (Å²) in [6.07, 6.45) is 0. The van der Waals surface area contributed by atoms with Gasteiger partial charge < -0.3 is 10.6 Å². The van der Waals surface area contributed by atoms with E-state index in [4.69, 9.17) is 5.73 Å². The smallest absolute Gasteiger partial charge is 0.0556 e. The molecule has 0 heterocycles. The van der Waals surface area contributed by atoms with Crippen LogP contribution in [-0.2, 0) is 0 Å². The average Bonchev–Trinajstić information content (AvgIpc) is 2.50. The van der Waals surface area contributed by atoms with Gasteiger partial charge in [-0.15, -0.1) is 0 Å². The fraction of sp³-hybridized carbons (Fsp3) is 0.111. The lowest BCUT2D eigenvalue weighted by Crippen LogP contribution is -2.16. The molecule has 2 nitrogen and oxygen atoms in total. The van der Waals surface area contributed by atoms with Crippen LogP contribution in [0.2, 0.25) is 0 Å². The molecule has 3 aromatic carbocycles. The maximum absolute atomic E-state index is 5.85. The second kappa shape index (κ2) is 5.78. The molecule has 0 fully saturated rings. The molecule has 0 saturated carbocycles. The zero-order chi connectivity index (χ0) is 14.8. The second-order valence-corrected chi connectivity index (χ2v) is 5.81. The summed E-state index contributed by atoms with van der Waals surface area (Å²) in [5, 5.41) is 2.51. The van der Waals surface area contributed by atoms with Crippen molar-refractivity contribution in [1.29, 1.82) is 0 Å². The van der Waals surface area contributed by atoms with Crippen molar-refractivity contribution in [2.45, 2.75) is 6.92 Å². The van der Waals surface area contributed by atoms with E-state index in [1.807, 2.05) is 12.1 Å². The molecule has 0 atom stereocenters. The summed E-state index contributed by atoms with van der Waals surface area (Å²) in [5.74, 6) is 0. The molecule has 3 heteroatoms. The molecule has 0 spiro atoms. The van der Waals surface area contributed by atoms with Crippen LogP contribution >= 0.6 is 15.9 Å². The summed E-state index contributed by atoms with van der Waals surface area (Å²) < 4.78 is 1.01. The third-order valence-corrected chi connectivity index (χ3v) is 4.27. The highest BCUT2D eigenvalue weighted by Gasteiger charge is 2.13. The number of hydrogen-bond donors (Lipinski definition) is 1. The van der Waals surface area contributed by atoms with Crippen LogP contribution in [-0.4, -0.2) is 6.54 Å². The van der Waals surface area contributed by atoms with Crippen LogP contribution in [0, 0.1) is 0 Å². The lowest BCUT2D eigenvalue weighted by atomic mass is 10.1. The largest absolute Gasteiger partial charge is 0.399 e. The third-order valence-electron chi connectivity index (χ3n) is 3.64. The predicted molar refractivity (Wildman–Crippen MR) is 95.2 cm³/mol. The SMILES string of the molecule is CCN(c1ccc(N)cc1Br)c1cccc2ccccc12. The summed E-state index contributed by atoms with van der Waals surface area (Å²) in [6.45, 7) is 3.04. The minimum absolute atomic E-state index is 0.764. The fourth-order valence-corrected chi connectivity index (χ4v) is 3.27. The van der Waals surface area contributed by atoms with E-state index >= 15 is 0 Å². The first kappa shape index (κ1) is 14.0. The first-order chi connectivity index (χ1) is 10.2. The Labute approximate surface area is 133 Å². The van der Waals surface area contributed by atoms with Crippen LogP contribution in [0.4, 0.5) is 17.1 Å². The lowest BCUT2D eigenvalue weighted by Gasteiger charge is -2.26. The van der Waals surface area contributed by atoms with Gasteiger partial charge in [-0.2, -0.15) is 0 Å². The van der Waals surface area contributed by atoms with Gasteiger partial charge in [0.05, 0.1) is 5.69 Å². The Morgan fingerprint density at radius 1 is 0.952 bits per heavy atom. The molecule has 0 aromatic heterocycles. The summed E-state index contributed by atoms with van der Waals surface area (Å²) in [6, 6.07) is 20.8. The number of benzene rings is 3. The molecule has 21 heavy (non-hydrogen) atoms. The van der Waals surface area contributed by atoms with E-state index in [1.165, 1.54) is 16.5 Å². The molecule has 106 valence electrons. The van der Waals surface area contributed by atoms with Gasteiger partial charge in [0.25, 0.3) is 0 Å². The molecule has 0 unspecified atom stereocenters. The molecular formula is C18H17BrN2. The van der Waals surface area contributed by atoms with Crippen molar-refractivity contribution >= 4 is 43.8 Å². The quantitative estimate of drug-likeness (QED) is 0.651. The van der Waals surface area contributed by atoms with Gasteiger partial charge in [-0.3, -0.25) is 0 Å². The average molecular weight is 341 g/mol. The summed E-state index contributed by atoms with van der Waals surface area (Å²) in [7, 11) is 0. The standard InChI is InChI=1S/C18H17BrN2/c1-2-21(18-11-10-14(20)12-16(18)19)17-9-5-7-13-6-3-4-8-15(13)17/h3-12H,2,20H2,1H3. The van der Waals surface area contributed by atoms with Crippen LogP contribution in [0.25, 0.3) is 10.8 Å². The van der Waals surface area contributed by atoms with E-state index in [1.54, 1.807) is 0 Å². The molecule has 2 N–H and O–H groups in total. The molecule has 3 rings (SSSR count). The van der Waals surface area contributed by atoms with E-state index in [2.05, 4.69) is 76.3 Å². The van der Waals surface area contributed by atoms with Crippen molar-refractivity contribution in [3.8, 4) is 0 Å². The van der Waals surface area contributed by atoms with Gasteiger partial charge in [0, 0.05) is 27.8 Å². The number of nitrogen functional groups attached to an aromatic ring is 1. The Morgan fingerprint density at radius 2 is 1.71 bits per heavy atom. The van der Waals surface area contributed by atoms with Gasteiger partial charge in [0.15, 0.2) is 0 Å². The molecule has 0 radical (unpaired) electrons. The highest BCUT2D eigenvalue weighted by Crippen LogP contribution is 2.36. The van der Waals surface area contributed by atoms with Crippen molar-refractivity contribution in [1.82, 2.24) is 0 Å². The third kappa shape index (κ3) is 2.61. The van der Waals surface area contributed by atoms with Gasteiger partial charge >= 0.3 is 0 Å². The summed E-state index contributed by atoms with van der Waals surface area (Å²) in [4.78, 5) is 2.30. The van der Waals surface area contributed by atoms with Crippen molar-refractivity contribution in [2.24, 2.45) is 0 Å². The summed E-state index contributed by atoms with van der Waals surface area (Å²) in [5.41, 5.74) is 8.95. The molecule has 0 aliphatic carbocycles. The van der Waals surface area contributed by atoms with Gasteiger partial charge in [-0.1, -0.05) is 36.4 Å². The highest BCUT2D eigenvalue weighted by atomic mass is 79.9. The maximum atomic E-state index is 5.85. The minimum Gasteiger partial charge on any atom is -0.399 e. The number of halogens is 1. The normalized spacial score (nSPS) is 10.8. The first-order valence-electron chi connectivity index (χ1n) is 7.01. The molecule has 0 aliphatic heterocycles. The van der Waals surface area contributed by atoms with Gasteiger partial charge in [0.1, 0.15) is 0 Å². The van der Waals surface area contributed by atoms with Crippen LogP contribution in [0.3, 0.4) is 0 Å². The number of nitrogens with zero attached hydrogens (tertiary/aromatic N) is 1. The molecule has 0 bridgehead atoms. The Bertz CT molecular complexity index is 778. The molecular weight excluding hydrogens is 324 g/mol. The number of fused-ring (bicyclic) bond motifs is 1. The number of rotatable bonds is 3. The Morgan fingerprint density at radius 3 is 2.48 bits per heavy atom. The zero-order valence-electron chi connectivity index (χ0n) is 11.9. The summed E-state index contributed by atoms with van der Waals surface area (Å²) >= 11 is 3.63. The van der Waals surface area contributed by atoms with E-state index in [0.29, 0.717) is 0 Å². The molecule has 3 aromatic rings. The first-order valence-corrected chi connectivity index (χ1v) is 7.80. The predicted octanol–water partition coefficient (Wildman–Crippen LogP) is 5.34. The fourth-order valence-electron chi connectivity index (χ4n) is 2.66. The lowest BCUT2D eigenvalue weighted by molar-refractivity contribution is 1.03. The van der Waals surface area contributed by atoms with Crippen LogP contribution in [0.15, 0.2) is 65.1 Å². The van der Waals surface area contributed by atoms with Crippen molar-refractivity contribution in [2.75, 3.05) is 17.2 Å².